The molecule has 1 saturated heterocycles. The number of piperidine rings is 1. The molecule has 2 aliphatic rings. The van der Waals surface area contributed by atoms with E-state index in [9.17, 15) is 9.59 Å². The molecule has 6 heteroatoms. The SMILES string of the molecule is Cc1ccc2c(c1)C(=O)N([C@H](C)C(=O)NC(C)C)CC1(CCN(C)CC1)O2. The highest BCUT2D eigenvalue weighted by atomic mass is 16.5. The predicted molar refractivity (Wildman–Crippen MR) is 105 cm³/mol. The molecule has 0 aliphatic carbocycles. The van der Waals surface area contributed by atoms with E-state index in [1.54, 1.807) is 11.8 Å². The third-order valence-corrected chi connectivity index (χ3v) is 5.59. The van der Waals surface area contributed by atoms with E-state index in [1.165, 1.54) is 0 Å². The Morgan fingerprint density at radius 2 is 1.89 bits per heavy atom. The van der Waals surface area contributed by atoms with Gasteiger partial charge < -0.3 is 19.9 Å². The van der Waals surface area contributed by atoms with Gasteiger partial charge in [0.25, 0.3) is 5.91 Å². The van der Waals surface area contributed by atoms with Crippen LogP contribution < -0.4 is 10.1 Å². The Morgan fingerprint density at radius 1 is 1.22 bits per heavy atom. The number of fused-ring (bicyclic) bond motifs is 1. The summed E-state index contributed by atoms with van der Waals surface area (Å²) in [6.07, 6.45) is 1.66. The summed E-state index contributed by atoms with van der Waals surface area (Å²) < 4.78 is 6.48. The Kier molecular flexibility index (Phi) is 5.47. The van der Waals surface area contributed by atoms with Gasteiger partial charge in [-0.2, -0.15) is 0 Å². The summed E-state index contributed by atoms with van der Waals surface area (Å²) in [5.41, 5.74) is 1.11. The number of amides is 2. The smallest absolute Gasteiger partial charge is 0.258 e. The van der Waals surface area contributed by atoms with Crippen LogP contribution in [0.3, 0.4) is 0 Å². The third kappa shape index (κ3) is 4.10. The zero-order chi connectivity index (χ0) is 19.8. The second kappa shape index (κ2) is 7.50. The minimum Gasteiger partial charge on any atom is -0.484 e. The molecule has 2 heterocycles. The molecule has 0 bridgehead atoms. The number of nitrogens with zero attached hydrogens (tertiary/aromatic N) is 2. The van der Waals surface area contributed by atoms with Crippen LogP contribution in [0.25, 0.3) is 0 Å². The Bertz CT molecular complexity index is 723. The van der Waals surface area contributed by atoms with Gasteiger partial charge in [-0.05, 0) is 46.9 Å². The molecule has 2 amide bonds. The van der Waals surface area contributed by atoms with E-state index in [4.69, 9.17) is 4.74 Å². The standard InChI is InChI=1S/C21H31N3O3/c1-14(2)22-19(25)16(4)24-13-21(8-10-23(5)11-9-21)27-18-7-6-15(3)12-17(18)20(24)26/h6-7,12,14,16H,8-11,13H2,1-5H3,(H,22,25)/t16-/m1/s1. The number of benzene rings is 1. The van der Waals surface area contributed by atoms with Crippen molar-refractivity contribution in [3.63, 3.8) is 0 Å². The number of hydrogen-bond donors (Lipinski definition) is 1. The molecular formula is C21H31N3O3. The van der Waals surface area contributed by atoms with Crippen molar-refractivity contribution in [2.24, 2.45) is 0 Å². The van der Waals surface area contributed by atoms with E-state index in [-0.39, 0.29) is 17.9 Å². The fourth-order valence-corrected chi connectivity index (χ4v) is 3.85. The molecule has 0 radical (unpaired) electrons. The van der Waals surface area contributed by atoms with Crippen molar-refractivity contribution in [1.29, 1.82) is 0 Å². The maximum atomic E-state index is 13.4. The average Bonchev–Trinajstić information content (AvgIpc) is 2.72. The highest BCUT2D eigenvalue weighted by Gasteiger charge is 2.44. The molecular weight excluding hydrogens is 342 g/mol. The van der Waals surface area contributed by atoms with Crippen molar-refractivity contribution in [1.82, 2.24) is 15.1 Å². The zero-order valence-electron chi connectivity index (χ0n) is 17.0. The number of nitrogens with one attached hydrogen (secondary N) is 1. The molecule has 0 saturated carbocycles. The molecule has 2 aliphatic heterocycles. The lowest BCUT2D eigenvalue weighted by Gasteiger charge is -2.42. The van der Waals surface area contributed by atoms with Crippen LogP contribution in [0.2, 0.25) is 0 Å². The summed E-state index contributed by atoms with van der Waals surface area (Å²) in [4.78, 5) is 30.0. The first-order chi connectivity index (χ1) is 12.7. The number of aryl methyl sites for hydroxylation is 1. The predicted octanol–water partition coefficient (Wildman–Crippen LogP) is 2.21. The van der Waals surface area contributed by atoms with Crippen LogP contribution in [0.5, 0.6) is 5.75 Å². The largest absolute Gasteiger partial charge is 0.484 e. The van der Waals surface area contributed by atoms with Crippen LogP contribution in [0.4, 0.5) is 0 Å². The molecule has 1 aromatic carbocycles. The Morgan fingerprint density at radius 3 is 2.52 bits per heavy atom. The molecule has 0 aromatic heterocycles. The average molecular weight is 373 g/mol. The number of ether oxygens (including phenoxy) is 1. The van der Waals surface area contributed by atoms with Crippen LogP contribution in [-0.2, 0) is 4.79 Å². The topological polar surface area (TPSA) is 61.9 Å². The lowest BCUT2D eigenvalue weighted by Crippen LogP contribution is -2.57. The lowest BCUT2D eigenvalue weighted by molar-refractivity contribution is -0.126. The quantitative estimate of drug-likeness (QED) is 0.882. The molecule has 1 atom stereocenters. The highest BCUT2D eigenvalue weighted by Crippen LogP contribution is 2.36. The van der Waals surface area contributed by atoms with Crippen LogP contribution in [0, 0.1) is 6.92 Å². The third-order valence-electron chi connectivity index (χ3n) is 5.59. The molecule has 1 spiro atoms. The number of hydrogen-bond acceptors (Lipinski definition) is 4. The van der Waals surface area contributed by atoms with E-state index in [1.807, 2.05) is 39.0 Å². The summed E-state index contributed by atoms with van der Waals surface area (Å²) in [7, 11) is 2.10. The second-order valence-corrected chi connectivity index (χ2v) is 8.36. The summed E-state index contributed by atoms with van der Waals surface area (Å²) >= 11 is 0. The fraction of sp³-hybridized carbons (Fsp3) is 0.619. The zero-order valence-corrected chi connectivity index (χ0v) is 17.0. The van der Waals surface area contributed by atoms with Gasteiger partial charge in [-0.3, -0.25) is 9.59 Å². The van der Waals surface area contributed by atoms with Crippen LogP contribution in [0.15, 0.2) is 18.2 Å². The van der Waals surface area contributed by atoms with Gasteiger partial charge in [0.2, 0.25) is 5.91 Å². The van der Waals surface area contributed by atoms with Gasteiger partial charge in [0, 0.05) is 32.0 Å². The molecule has 1 N–H and O–H groups in total. The Balaban J connectivity index is 1.98. The summed E-state index contributed by atoms with van der Waals surface area (Å²) in [5.74, 6) is 0.377. The van der Waals surface area contributed by atoms with Crippen molar-refractivity contribution in [3.8, 4) is 5.75 Å². The van der Waals surface area contributed by atoms with Gasteiger partial charge in [0.15, 0.2) is 0 Å². The van der Waals surface area contributed by atoms with Crippen molar-refractivity contribution in [3.05, 3.63) is 29.3 Å². The summed E-state index contributed by atoms with van der Waals surface area (Å²) in [6.45, 7) is 9.87. The van der Waals surface area contributed by atoms with E-state index >= 15 is 0 Å². The van der Waals surface area contributed by atoms with Gasteiger partial charge in [-0.1, -0.05) is 11.6 Å². The van der Waals surface area contributed by atoms with Crippen molar-refractivity contribution in [2.75, 3.05) is 26.7 Å². The molecule has 148 valence electrons. The van der Waals surface area contributed by atoms with E-state index in [0.717, 1.165) is 31.5 Å². The highest BCUT2D eigenvalue weighted by molar-refractivity contribution is 6.00. The second-order valence-electron chi connectivity index (χ2n) is 8.36. The fourth-order valence-electron chi connectivity index (χ4n) is 3.85. The summed E-state index contributed by atoms with van der Waals surface area (Å²) in [5, 5.41) is 2.93. The van der Waals surface area contributed by atoms with Crippen LogP contribution in [-0.4, -0.2) is 66.0 Å². The number of carbonyl (C=O) groups excluding carboxylic acids is 2. The minimum absolute atomic E-state index is 0.0325. The normalized spacial score (nSPS) is 20.8. The monoisotopic (exact) mass is 373 g/mol. The van der Waals surface area contributed by atoms with Crippen molar-refractivity contribution < 1.29 is 14.3 Å². The molecule has 3 rings (SSSR count). The maximum Gasteiger partial charge on any atom is 0.258 e. The molecule has 1 fully saturated rings. The van der Waals surface area contributed by atoms with Gasteiger partial charge in [0.1, 0.15) is 17.4 Å². The Labute approximate surface area is 161 Å². The lowest BCUT2D eigenvalue weighted by atomic mass is 9.90. The number of likely N-dealkylation sites (tertiary alicyclic amines) is 1. The van der Waals surface area contributed by atoms with Crippen LogP contribution >= 0.6 is 0 Å². The number of rotatable bonds is 3. The maximum absolute atomic E-state index is 13.4. The first kappa shape index (κ1) is 19.7. The van der Waals surface area contributed by atoms with E-state index in [0.29, 0.717) is 17.9 Å². The van der Waals surface area contributed by atoms with E-state index < -0.39 is 11.6 Å². The molecule has 1 aromatic rings. The number of carbonyl (C=O) groups is 2. The first-order valence-corrected chi connectivity index (χ1v) is 9.80. The summed E-state index contributed by atoms with van der Waals surface area (Å²) in [6, 6.07) is 5.22. The van der Waals surface area contributed by atoms with Gasteiger partial charge >= 0.3 is 0 Å². The van der Waals surface area contributed by atoms with Crippen molar-refractivity contribution >= 4 is 11.8 Å². The van der Waals surface area contributed by atoms with Gasteiger partial charge in [-0.15, -0.1) is 0 Å². The minimum atomic E-state index is -0.550. The van der Waals surface area contributed by atoms with Crippen molar-refractivity contribution in [2.45, 2.75) is 58.2 Å². The Hall–Kier alpha value is -2.08. The van der Waals surface area contributed by atoms with Gasteiger partial charge in [-0.25, -0.2) is 0 Å². The molecule has 6 nitrogen and oxygen atoms in total. The van der Waals surface area contributed by atoms with Crippen LogP contribution in [0.1, 0.15) is 49.5 Å². The van der Waals surface area contributed by atoms with Gasteiger partial charge in [0.05, 0.1) is 12.1 Å². The molecule has 0 unspecified atom stereocenters. The van der Waals surface area contributed by atoms with E-state index in [2.05, 4.69) is 17.3 Å². The molecule has 27 heavy (non-hydrogen) atoms. The first-order valence-electron chi connectivity index (χ1n) is 9.80.